The van der Waals surface area contributed by atoms with E-state index < -0.39 is 11.9 Å². The number of aromatic hydroxyl groups is 1. The van der Waals surface area contributed by atoms with Crippen LogP contribution in [0.3, 0.4) is 0 Å². The molecule has 2 N–H and O–H groups in total. The number of carbonyl (C=O) groups excluding carboxylic acids is 2. The van der Waals surface area contributed by atoms with Gasteiger partial charge in [0.15, 0.2) is 5.78 Å². The van der Waals surface area contributed by atoms with Gasteiger partial charge >= 0.3 is 5.97 Å². The number of Topliss-reactive ketones (excluding diaryl/α,β-unsaturated/α-hetero) is 1. The molecule has 7 nitrogen and oxygen atoms in total. The first kappa shape index (κ1) is 25.4. The number of carboxylic acids is 1. The van der Waals surface area contributed by atoms with Gasteiger partial charge < -0.3 is 14.9 Å². The van der Waals surface area contributed by atoms with E-state index in [0.717, 1.165) is 12.0 Å². The Morgan fingerprint density at radius 1 is 0.914 bits per heavy atom. The van der Waals surface area contributed by atoms with Crippen molar-refractivity contribution in [2.45, 2.75) is 40.2 Å². The Bertz CT molecular complexity index is 1290. The van der Waals surface area contributed by atoms with Crippen molar-refractivity contribution in [3.8, 4) is 11.5 Å². The van der Waals surface area contributed by atoms with Gasteiger partial charge in [0.2, 0.25) is 5.91 Å². The highest BCUT2D eigenvalue weighted by molar-refractivity contribution is 6.17. The fourth-order valence-corrected chi connectivity index (χ4v) is 3.70. The van der Waals surface area contributed by atoms with Gasteiger partial charge in [0.25, 0.3) is 0 Å². The van der Waals surface area contributed by atoms with Crippen LogP contribution in [0, 0.1) is 0 Å². The van der Waals surface area contributed by atoms with Gasteiger partial charge in [-0.15, -0.1) is 0 Å². The standard InChI is InChI=1S/C28H27NO6/c1-4-6-24-25(14-13-23(17(2)30)27(24)32)35-16-19-9-11-20(12-10-19)26(29-18(3)31)21-7-5-8-22(15-21)28(33)34/h5,7-15,32H,4,6,16H2,1-3H3,(H,33,34). The van der Waals surface area contributed by atoms with Crippen LogP contribution in [0.4, 0.5) is 0 Å². The van der Waals surface area contributed by atoms with Crippen molar-refractivity contribution in [3.63, 3.8) is 0 Å². The van der Waals surface area contributed by atoms with Crippen LogP contribution in [0.25, 0.3) is 0 Å². The molecule has 3 aromatic rings. The number of carbonyl (C=O) groups is 3. The van der Waals surface area contributed by atoms with Crippen molar-refractivity contribution in [3.05, 3.63) is 94.0 Å². The smallest absolute Gasteiger partial charge is 0.335 e. The maximum atomic E-state index is 11.8. The summed E-state index contributed by atoms with van der Waals surface area (Å²) in [6.45, 7) is 4.96. The zero-order valence-electron chi connectivity index (χ0n) is 19.9. The molecule has 0 aliphatic carbocycles. The Hall–Kier alpha value is -4.26. The van der Waals surface area contributed by atoms with Crippen molar-refractivity contribution in [1.29, 1.82) is 0 Å². The average Bonchev–Trinajstić information content (AvgIpc) is 2.83. The van der Waals surface area contributed by atoms with Gasteiger partial charge in [0.05, 0.1) is 16.8 Å². The fraction of sp³-hybridized carbons (Fsp3) is 0.214. The molecule has 1 amide bonds. The van der Waals surface area contributed by atoms with E-state index in [1.54, 1.807) is 36.4 Å². The van der Waals surface area contributed by atoms with Crippen molar-refractivity contribution in [1.82, 2.24) is 0 Å². The normalized spacial score (nSPS) is 11.2. The van der Waals surface area contributed by atoms with Crippen molar-refractivity contribution >= 4 is 23.4 Å². The molecule has 7 heteroatoms. The topological polar surface area (TPSA) is 113 Å². The number of nitrogens with zero attached hydrogens (tertiary/aromatic N) is 1. The Morgan fingerprint density at radius 3 is 2.20 bits per heavy atom. The molecule has 3 rings (SSSR count). The molecular weight excluding hydrogens is 446 g/mol. The van der Waals surface area contributed by atoms with E-state index in [-0.39, 0.29) is 29.3 Å². The van der Waals surface area contributed by atoms with E-state index in [0.29, 0.717) is 34.6 Å². The Kier molecular flexibility index (Phi) is 8.15. The van der Waals surface area contributed by atoms with Crippen LogP contribution in [0.5, 0.6) is 11.5 Å². The molecule has 0 spiro atoms. The predicted octanol–water partition coefficient (Wildman–Crippen LogP) is 5.21. The first-order valence-electron chi connectivity index (χ1n) is 11.2. The van der Waals surface area contributed by atoms with Crippen LogP contribution in [0.1, 0.15) is 70.2 Å². The second-order valence-corrected chi connectivity index (χ2v) is 8.10. The molecule has 0 bridgehead atoms. The number of hydrogen-bond donors (Lipinski definition) is 2. The number of benzene rings is 3. The molecule has 0 saturated heterocycles. The van der Waals surface area contributed by atoms with E-state index in [2.05, 4.69) is 4.99 Å². The number of amides is 1. The third-order valence-corrected chi connectivity index (χ3v) is 5.39. The van der Waals surface area contributed by atoms with Gasteiger partial charge in [0.1, 0.15) is 18.1 Å². The third-order valence-electron chi connectivity index (χ3n) is 5.39. The van der Waals surface area contributed by atoms with E-state index in [9.17, 15) is 24.6 Å². The number of aliphatic imine (C=N–C) groups is 1. The number of phenolic OH excluding ortho intramolecular Hbond substituents is 1. The highest BCUT2D eigenvalue weighted by Gasteiger charge is 2.16. The van der Waals surface area contributed by atoms with Crippen LogP contribution >= 0.6 is 0 Å². The number of carboxylic acid groups (broad SMARTS) is 1. The largest absolute Gasteiger partial charge is 0.507 e. The number of rotatable bonds is 9. The van der Waals surface area contributed by atoms with Crippen molar-refractivity contribution in [2.75, 3.05) is 0 Å². The van der Waals surface area contributed by atoms with E-state index in [1.807, 2.05) is 19.1 Å². The molecule has 0 radical (unpaired) electrons. The lowest BCUT2D eigenvalue weighted by atomic mass is 9.99. The van der Waals surface area contributed by atoms with E-state index in [4.69, 9.17) is 4.74 Å². The first-order valence-corrected chi connectivity index (χ1v) is 11.2. The summed E-state index contributed by atoms with van der Waals surface area (Å²) in [5.41, 5.74) is 3.37. The Morgan fingerprint density at radius 2 is 1.60 bits per heavy atom. The molecule has 0 aliphatic rings. The van der Waals surface area contributed by atoms with Crippen LogP contribution in [-0.4, -0.2) is 33.6 Å². The van der Waals surface area contributed by atoms with Gasteiger partial charge in [-0.05, 0) is 43.2 Å². The summed E-state index contributed by atoms with van der Waals surface area (Å²) in [5, 5.41) is 19.8. The number of aromatic carboxylic acids is 1. The summed E-state index contributed by atoms with van der Waals surface area (Å²) < 4.78 is 5.96. The molecule has 35 heavy (non-hydrogen) atoms. The lowest BCUT2D eigenvalue weighted by Gasteiger charge is -2.15. The zero-order valence-corrected chi connectivity index (χ0v) is 19.9. The highest BCUT2D eigenvalue weighted by Crippen LogP contribution is 2.33. The van der Waals surface area contributed by atoms with Crippen LogP contribution in [-0.2, 0) is 17.8 Å². The average molecular weight is 474 g/mol. The molecule has 3 aromatic carbocycles. The summed E-state index contributed by atoms with van der Waals surface area (Å²) in [4.78, 5) is 39.0. The highest BCUT2D eigenvalue weighted by atomic mass is 16.5. The summed E-state index contributed by atoms with van der Waals surface area (Å²) in [5.74, 6) is -1.20. The van der Waals surface area contributed by atoms with Gasteiger partial charge in [0, 0.05) is 23.6 Å². The monoisotopic (exact) mass is 473 g/mol. The molecule has 0 unspecified atom stereocenters. The molecule has 0 aliphatic heterocycles. The zero-order chi connectivity index (χ0) is 25.5. The van der Waals surface area contributed by atoms with E-state index >= 15 is 0 Å². The molecule has 0 heterocycles. The molecule has 0 aromatic heterocycles. The first-order chi connectivity index (χ1) is 16.7. The molecule has 0 atom stereocenters. The van der Waals surface area contributed by atoms with Crippen LogP contribution < -0.4 is 4.74 Å². The number of ketones is 1. The third kappa shape index (κ3) is 6.20. The minimum Gasteiger partial charge on any atom is -0.507 e. The summed E-state index contributed by atoms with van der Waals surface area (Å²) in [6.07, 6.45) is 1.35. The quantitative estimate of drug-likeness (QED) is 0.326. The second-order valence-electron chi connectivity index (χ2n) is 8.10. The minimum absolute atomic E-state index is 0.0409. The molecule has 0 saturated carbocycles. The molecule has 0 fully saturated rings. The lowest BCUT2D eigenvalue weighted by Crippen LogP contribution is -2.08. The van der Waals surface area contributed by atoms with Gasteiger partial charge in [-0.25, -0.2) is 9.79 Å². The number of ether oxygens (including phenoxy) is 1. The summed E-state index contributed by atoms with van der Waals surface area (Å²) >= 11 is 0. The van der Waals surface area contributed by atoms with Crippen molar-refractivity contribution < 1.29 is 29.3 Å². The minimum atomic E-state index is -1.06. The van der Waals surface area contributed by atoms with Gasteiger partial charge in [-0.1, -0.05) is 49.7 Å². The maximum absolute atomic E-state index is 11.8. The lowest BCUT2D eigenvalue weighted by molar-refractivity contribution is -0.115. The second kappa shape index (κ2) is 11.2. The predicted molar refractivity (Wildman–Crippen MR) is 133 cm³/mol. The number of phenols is 1. The van der Waals surface area contributed by atoms with Crippen LogP contribution in [0.15, 0.2) is 65.7 Å². The Labute approximate surface area is 203 Å². The SMILES string of the molecule is CCCc1c(OCc2ccc(C(=NC(C)=O)c3cccc(C(=O)O)c3)cc2)ccc(C(C)=O)c1O. The number of hydrogen-bond acceptors (Lipinski definition) is 5. The fourth-order valence-electron chi connectivity index (χ4n) is 3.70. The van der Waals surface area contributed by atoms with Crippen molar-refractivity contribution in [2.24, 2.45) is 4.99 Å². The summed E-state index contributed by atoms with van der Waals surface area (Å²) in [7, 11) is 0. The van der Waals surface area contributed by atoms with Gasteiger partial charge in [-0.3, -0.25) is 9.59 Å². The molecular formula is C28H27NO6. The summed E-state index contributed by atoms with van der Waals surface area (Å²) in [6, 6.07) is 16.8. The van der Waals surface area contributed by atoms with Gasteiger partial charge in [-0.2, -0.15) is 0 Å². The van der Waals surface area contributed by atoms with E-state index in [1.165, 1.54) is 26.0 Å². The van der Waals surface area contributed by atoms with Crippen LogP contribution in [0.2, 0.25) is 0 Å². The maximum Gasteiger partial charge on any atom is 0.335 e. The molecule has 180 valence electrons. The Balaban J connectivity index is 1.85.